The standard InChI is InChI=1S/C14H25N2/c1-4-10-15-12(3)16(11-5-2)14-9-7-6-8-13(14)15/h4-11H2,1-3H3/q+1. The predicted molar refractivity (Wildman–Crippen MR) is 66.6 cm³/mol. The van der Waals surface area contributed by atoms with Crippen molar-refractivity contribution in [2.24, 2.45) is 0 Å². The first-order chi connectivity index (χ1) is 7.79. The van der Waals surface area contributed by atoms with Crippen molar-refractivity contribution in [3.8, 4) is 0 Å². The average Bonchev–Trinajstić information content (AvgIpc) is 2.56. The number of hydrogen-bond acceptors (Lipinski definition) is 0. The molecule has 0 saturated heterocycles. The molecule has 16 heavy (non-hydrogen) atoms. The maximum atomic E-state index is 2.57. The van der Waals surface area contributed by atoms with E-state index >= 15 is 0 Å². The lowest BCUT2D eigenvalue weighted by Gasteiger charge is -2.09. The third kappa shape index (κ3) is 1.90. The number of fused-ring (bicyclic) bond motifs is 1. The summed E-state index contributed by atoms with van der Waals surface area (Å²) in [5.74, 6) is 1.48. The van der Waals surface area contributed by atoms with E-state index in [4.69, 9.17) is 0 Å². The number of hydrogen-bond donors (Lipinski definition) is 0. The van der Waals surface area contributed by atoms with Crippen molar-refractivity contribution < 1.29 is 4.57 Å². The Morgan fingerprint density at radius 2 is 1.88 bits per heavy atom. The zero-order chi connectivity index (χ0) is 11.5. The molecule has 90 valence electrons. The normalized spacial score (nSPS) is 15.2. The van der Waals surface area contributed by atoms with Crippen LogP contribution in [0.15, 0.2) is 0 Å². The molecular weight excluding hydrogens is 196 g/mol. The molecule has 0 aliphatic heterocycles. The Morgan fingerprint density at radius 3 is 2.56 bits per heavy atom. The van der Waals surface area contributed by atoms with Crippen LogP contribution in [0.4, 0.5) is 0 Å². The fourth-order valence-corrected chi connectivity index (χ4v) is 3.03. The summed E-state index contributed by atoms with van der Waals surface area (Å²) in [6.07, 6.45) is 7.85. The summed E-state index contributed by atoms with van der Waals surface area (Å²) in [7, 11) is 0. The van der Waals surface area contributed by atoms with Crippen LogP contribution in [0, 0.1) is 6.92 Å². The Labute approximate surface area is 99.3 Å². The van der Waals surface area contributed by atoms with Crippen LogP contribution >= 0.6 is 0 Å². The fraction of sp³-hybridized carbons (Fsp3) is 0.786. The molecule has 2 rings (SSSR count). The second-order valence-electron chi connectivity index (χ2n) is 4.95. The van der Waals surface area contributed by atoms with Gasteiger partial charge in [-0.1, -0.05) is 13.8 Å². The van der Waals surface area contributed by atoms with Gasteiger partial charge in [-0.3, -0.25) is 0 Å². The van der Waals surface area contributed by atoms with E-state index < -0.39 is 0 Å². The molecule has 0 spiro atoms. The predicted octanol–water partition coefficient (Wildman–Crippen LogP) is 2.78. The van der Waals surface area contributed by atoms with Crippen molar-refractivity contribution in [1.82, 2.24) is 4.57 Å². The summed E-state index contributed by atoms with van der Waals surface area (Å²) >= 11 is 0. The van der Waals surface area contributed by atoms with E-state index in [-0.39, 0.29) is 0 Å². The Kier molecular flexibility index (Phi) is 3.67. The molecule has 0 fully saturated rings. The van der Waals surface area contributed by atoms with E-state index in [0.717, 1.165) is 0 Å². The highest BCUT2D eigenvalue weighted by molar-refractivity contribution is 5.14. The van der Waals surface area contributed by atoms with E-state index in [2.05, 4.69) is 29.9 Å². The number of rotatable bonds is 4. The topological polar surface area (TPSA) is 8.81 Å². The molecule has 1 heterocycles. The average molecular weight is 221 g/mol. The van der Waals surface area contributed by atoms with E-state index in [1.165, 1.54) is 57.4 Å². The molecule has 2 nitrogen and oxygen atoms in total. The van der Waals surface area contributed by atoms with Crippen LogP contribution < -0.4 is 4.57 Å². The summed E-state index contributed by atoms with van der Waals surface area (Å²) < 4.78 is 5.15. The maximum absolute atomic E-state index is 2.57. The first kappa shape index (κ1) is 11.7. The van der Waals surface area contributed by atoms with Gasteiger partial charge in [-0.15, -0.1) is 0 Å². The third-order valence-corrected chi connectivity index (χ3v) is 3.74. The quantitative estimate of drug-likeness (QED) is 0.691. The van der Waals surface area contributed by atoms with Crippen LogP contribution in [0.2, 0.25) is 0 Å². The highest BCUT2D eigenvalue weighted by atomic mass is 15.2. The number of aromatic nitrogens is 2. The van der Waals surface area contributed by atoms with Crippen molar-refractivity contribution in [3.63, 3.8) is 0 Å². The molecule has 0 amide bonds. The Morgan fingerprint density at radius 1 is 1.12 bits per heavy atom. The maximum Gasteiger partial charge on any atom is 0.253 e. The van der Waals surface area contributed by atoms with Crippen molar-refractivity contribution >= 4 is 0 Å². The van der Waals surface area contributed by atoms with Gasteiger partial charge in [0.05, 0.1) is 13.1 Å². The Bertz CT molecular complexity index is 330. The lowest BCUT2D eigenvalue weighted by atomic mass is 10.0. The summed E-state index contributed by atoms with van der Waals surface area (Å²) in [5.41, 5.74) is 3.28. The number of imidazole rings is 1. The molecule has 1 aliphatic carbocycles. The van der Waals surface area contributed by atoms with Gasteiger partial charge in [0.1, 0.15) is 11.4 Å². The molecule has 1 aromatic rings. The Balaban J connectivity index is 2.44. The molecule has 0 N–H and O–H groups in total. The molecular formula is C14H25N2+. The molecule has 1 aromatic heterocycles. The molecule has 0 bridgehead atoms. The van der Waals surface area contributed by atoms with Crippen LogP contribution in [0.1, 0.15) is 56.7 Å². The van der Waals surface area contributed by atoms with Crippen molar-refractivity contribution in [1.29, 1.82) is 0 Å². The van der Waals surface area contributed by atoms with Crippen molar-refractivity contribution in [2.45, 2.75) is 72.4 Å². The second-order valence-corrected chi connectivity index (χ2v) is 4.95. The van der Waals surface area contributed by atoms with Crippen molar-refractivity contribution in [2.75, 3.05) is 0 Å². The smallest absolute Gasteiger partial charge is 0.231 e. The van der Waals surface area contributed by atoms with Crippen LogP contribution in [0.25, 0.3) is 0 Å². The van der Waals surface area contributed by atoms with Crippen molar-refractivity contribution in [3.05, 3.63) is 17.2 Å². The third-order valence-electron chi connectivity index (χ3n) is 3.74. The second kappa shape index (κ2) is 5.03. The summed E-state index contributed by atoms with van der Waals surface area (Å²) in [6, 6.07) is 0. The molecule has 0 radical (unpaired) electrons. The van der Waals surface area contributed by atoms with Gasteiger partial charge in [0.15, 0.2) is 0 Å². The zero-order valence-corrected chi connectivity index (χ0v) is 11.1. The first-order valence-electron chi connectivity index (χ1n) is 6.90. The van der Waals surface area contributed by atoms with Crippen LogP contribution in [-0.4, -0.2) is 4.57 Å². The molecule has 0 saturated carbocycles. The first-order valence-corrected chi connectivity index (χ1v) is 6.90. The zero-order valence-electron chi connectivity index (χ0n) is 11.1. The van der Waals surface area contributed by atoms with Gasteiger partial charge >= 0.3 is 0 Å². The van der Waals surface area contributed by atoms with E-state index in [9.17, 15) is 0 Å². The summed E-state index contributed by atoms with van der Waals surface area (Å²) in [4.78, 5) is 0. The minimum Gasteiger partial charge on any atom is -0.231 e. The minimum absolute atomic E-state index is 1.20. The molecule has 0 atom stereocenters. The molecule has 2 heteroatoms. The van der Waals surface area contributed by atoms with Gasteiger partial charge in [0, 0.05) is 19.8 Å². The van der Waals surface area contributed by atoms with Gasteiger partial charge in [-0.25, -0.2) is 9.13 Å². The molecule has 1 aliphatic rings. The SMILES string of the molecule is CCCn1c2c([n+](CCC)c1C)CCCC2. The Hall–Kier alpha value is -0.790. The van der Waals surface area contributed by atoms with Gasteiger partial charge in [-0.05, 0) is 25.7 Å². The van der Waals surface area contributed by atoms with Crippen LogP contribution in [0.3, 0.4) is 0 Å². The van der Waals surface area contributed by atoms with Crippen LogP contribution in [0.5, 0.6) is 0 Å². The molecule has 0 aromatic carbocycles. The minimum atomic E-state index is 1.20. The number of nitrogens with zero attached hydrogens (tertiary/aromatic N) is 2. The molecule has 0 unspecified atom stereocenters. The largest absolute Gasteiger partial charge is 0.253 e. The van der Waals surface area contributed by atoms with E-state index in [0.29, 0.717) is 0 Å². The summed E-state index contributed by atoms with van der Waals surface area (Å²) in [5, 5.41) is 0. The fourth-order valence-electron chi connectivity index (χ4n) is 3.03. The van der Waals surface area contributed by atoms with Gasteiger partial charge < -0.3 is 0 Å². The lowest BCUT2D eigenvalue weighted by Crippen LogP contribution is -2.40. The van der Waals surface area contributed by atoms with Gasteiger partial charge in [0.2, 0.25) is 0 Å². The lowest BCUT2D eigenvalue weighted by molar-refractivity contribution is -0.709. The van der Waals surface area contributed by atoms with Gasteiger partial charge in [-0.2, -0.15) is 0 Å². The van der Waals surface area contributed by atoms with E-state index in [1.54, 1.807) is 11.4 Å². The highest BCUT2D eigenvalue weighted by Crippen LogP contribution is 2.21. The van der Waals surface area contributed by atoms with Crippen LogP contribution in [-0.2, 0) is 25.9 Å². The highest BCUT2D eigenvalue weighted by Gasteiger charge is 2.28. The van der Waals surface area contributed by atoms with E-state index in [1.807, 2.05) is 0 Å². The van der Waals surface area contributed by atoms with Gasteiger partial charge in [0.25, 0.3) is 5.82 Å². The monoisotopic (exact) mass is 221 g/mol. The summed E-state index contributed by atoms with van der Waals surface area (Å²) in [6.45, 7) is 9.25.